The van der Waals surface area contributed by atoms with Crippen molar-refractivity contribution in [1.82, 2.24) is 4.90 Å². The first-order valence-electron chi connectivity index (χ1n) is 5.71. The third kappa shape index (κ3) is 2.36. The van der Waals surface area contributed by atoms with E-state index in [0.717, 1.165) is 11.1 Å². The Morgan fingerprint density at radius 2 is 2.06 bits per heavy atom. The van der Waals surface area contributed by atoms with E-state index in [-0.39, 0.29) is 12.5 Å². The van der Waals surface area contributed by atoms with Crippen LogP contribution in [-0.4, -0.2) is 41.6 Å². The number of amides is 1. The number of carbonyl (C=O) groups is 2. The lowest BCUT2D eigenvalue weighted by atomic mass is 9.94. The van der Waals surface area contributed by atoms with E-state index in [1.54, 1.807) is 0 Å². The Bertz CT molecular complexity index is 472. The lowest BCUT2D eigenvalue weighted by Crippen LogP contribution is -2.49. The van der Waals surface area contributed by atoms with Gasteiger partial charge in [-0.15, -0.1) is 0 Å². The molecule has 18 heavy (non-hydrogen) atoms. The lowest BCUT2D eigenvalue weighted by molar-refractivity contribution is -0.153. The summed E-state index contributed by atoms with van der Waals surface area (Å²) in [6.45, 7) is 0.237. The number of carboxylic acid groups (broad SMARTS) is 1. The first kappa shape index (κ1) is 12.6. The van der Waals surface area contributed by atoms with E-state index in [9.17, 15) is 14.7 Å². The van der Waals surface area contributed by atoms with Crippen molar-refractivity contribution >= 4 is 11.9 Å². The van der Waals surface area contributed by atoms with Crippen LogP contribution in [0.5, 0.6) is 0 Å². The highest BCUT2D eigenvalue weighted by Crippen LogP contribution is 2.23. The van der Waals surface area contributed by atoms with Gasteiger partial charge in [-0.05, 0) is 11.1 Å². The van der Waals surface area contributed by atoms with E-state index in [2.05, 4.69) is 0 Å². The second kappa shape index (κ2) is 5.18. The Hall–Kier alpha value is -1.88. The van der Waals surface area contributed by atoms with Crippen LogP contribution < -0.4 is 0 Å². The molecule has 0 aromatic heterocycles. The van der Waals surface area contributed by atoms with Crippen molar-refractivity contribution in [1.29, 1.82) is 0 Å². The minimum atomic E-state index is -0.978. The number of ether oxygens (including phenoxy) is 1. The molecule has 1 atom stereocenters. The van der Waals surface area contributed by atoms with E-state index in [1.165, 1.54) is 12.0 Å². The van der Waals surface area contributed by atoms with Crippen molar-refractivity contribution in [2.45, 2.75) is 19.0 Å². The Morgan fingerprint density at radius 1 is 1.39 bits per heavy atom. The molecular weight excluding hydrogens is 234 g/mol. The number of carboxylic acids is 1. The van der Waals surface area contributed by atoms with Gasteiger partial charge < -0.3 is 14.7 Å². The quantitative estimate of drug-likeness (QED) is 0.855. The summed E-state index contributed by atoms with van der Waals surface area (Å²) < 4.78 is 4.79. The minimum Gasteiger partial charge on any atom is -0.480 e. The zero-order valence-electron chi connectivity index (χ0n) is 10.1. The zero-order valence-corrected chi connectivity index (χ0v) is 10.1. The molecule has 0 fully saturated rings. The summed E-state index contributed by atoms with van der Waals surface area (Å²) in [6.07, 6.45) is 0.348. The van der Waals surface area contributed by atoms with Gasteiger partial charge in [-0.2, -0.15) is 0 Å². The van der Waals surface area contributed by atoms with Crippen LogP contribution in [0, 0.1) is 0 Å². The molecule has 5 nitrogen and oxygen atoms in total. The molecule has 96 valence electrons. The fourth-order valence-electron chi connectivity index (χ4n) is 2.21. The first-order valence-corrected chi connectivity index (χ1v) is 5.71. The summed E-state index contributed by atoms with van der Waals surface area (Å²) in [5, 5.41) is 9.22. The number of hydrogen-bond acceptors (Lipinski definition) is 3. The molecule has 0 aliphatic carbocycles. The predicted molar refractivity (Wildman–Crippen MR) is 64.0 cm³/mol. The van der Waals surface area contributed by atoms with Gasteiger partial charge in [-0.25, -0.2) is 4.79 Å². The van der Waals surface area contributed by atoms with Crippen LogP contribution in [0.2, 0.25) is 0 Å². The largest absolute Gasteiger partial charge is 0.480 e. The van der Waals surface area contributed by atoms with Gasteiger partial charge in [0.25, 0.3) is 0 Å². The fourth-order valence-corrected chi connectivity index (χ4v) is 2.21. The van der Waals surface area contributed by atoms with Crippen LogP contribution in [0.3, 0.4) is 0 Å². The van der Waals surface area contributed by atoms with Gasteiger partial charge in [0.05, 0.1) is 0 Å². The van der Waals surface area contributed by atoms with Crippen LogP contribution in [0.4, 0.5) is 0 Å². The summed E-state index contributed by atoms with van der Waals surface area (Å²) in [4.78, 5) is 24.5. The highest BCUT2D eigenvalue weighted by atomic mass is 16.5. The van der Waals surface area contributed by atoms with Gasteiger partial charge in [0, 0.05) is 20.1 Å². The topological polar surface area (TPSA) is 66.8 Å². The zero-order chi connectivity index (χ0) is 13.1. The maximum atomic E-state index is 11.9. The first-order chi connectivity index (χ1) is 8.63. The number of benzene rings is 1. The molecule has 0 saturated carbocycles. The molecule has 0 radical (unpaired) electrons. The Morgan fingerprint density at radius 3 is 2.67 bits per heavy atom. The van der Waals surface area contributed by atoms with E-state index in [0.29, 0.717) is 13.0 Å². The number of aliphatic carboxylic acids is 1. The Labute approximate surface area is 105 Å². The van der Waals surface area contributed by atoms with Crippen molar-refractivity contribution in [3.05, 3.63) is 35.4 Å². The van der Waals surface area contributed by atoms with E-state index < -0.39 is 12.0 Å². The second-order valence-electron chi connectivity index (χ2n) is 4.28. The normalized spacial score (nSPS) is 18.3. The number of hydrogen-bond donors (Lipinski definition) is 1. The molecule has 1 N–H and O–H groups in total. The van der Waals surface area contributed by atoms with Gasteiger partial charge >= 0.3 is 5.97 Å². The molecule has 1 aliphatic heterocycles. The molecule has 1 aromatic rings. The molecular formula is C13H15NO4. The van der Waals surface area contributed by atoms with Gasteiger partial charge in [0.2, 0.25) is 5.91 Å². The molecule has 0 bridgehead atoms. The third-order valence-corrected chi connectivity index (χ3v) is 3.12. The van der Waals surface area contributed by atoms with Crippen LogP contribution in [0.25, 0.3) is 0 Å². The van der Waals surface area contributed by atoms with Crippen LogP contribution >= 0.6 is 0 Å². The highest BCUT2D eigenvalue weighted by Gasteiger charge is 2.34. The van der Waals surface area contributed by atoms with E-state index >= 15 is 0 Å². The average molecular weight is 249 g/mol. The van der Waals surface area contributed by atoms with E-state index in [1.807, 2.05) is 24.3 Å². The number of fused-ring (bicyclic) bond motifs is 1. The van der Waals surface area contributed by atoms with Gasteiger partial charge in [0.1, 0.15) is 12.6 Å². The van der Waals surface area contributed by atoms with Crippen molar-refractivity contribution in [2.75, 3.05) is 13.7 Å². The fraction of sp³-hybridized carbons (Fsp3) is 0.385. The molecule has 1 amide bonds. The maximum absolute atomic E-state index is 11.9. The third-order valence-electron chi connectivity index (χ3n) is 3.12. The molecule has 1 heterocycles. The van der Waals surface area contributed by atoms with Crippen LogP contribution in [0.1, 0.15) is 11.1 Å². The summed E-state index contributed by atoms with van der Waals surface area (Å²) in [6, 6.07) is 6.79. The molecule has 0 unspecified atom stereocenters. The second-order valence-corrected chi connectivity index (χ2v) is 4.28. The average Bonchev–Trinajstić information content (AvgIpc) is 2.37. The molecule has 1 aliphatic rings. The van der Waals surface area contributed by atoms with Gasteiger partial charge in [0.15, 0.2) is 0 Å². The molecule has 0 saturated heterocycles. The standard InChI is InChI=1S/C13H15NO4/c1-18-8-12(15)14-7-10-5-3-2-4-9(10)6-11(14)13(16)17/h2-5,11H,6-8H2,1H3,(H,16,17)/t11-/m0/s1. The number of methoxy groups -OCH3 is 1. The number of nitrogens with zero attached hydrogens (tertiary/aromatic N) is 1. The minimum absolute atomic E-state index is 0.0913. The Balaban J connectivity index is 2.28. The molecule has 5 heteroatoms. The maximum Gasteiger partial charge on any atom is 0.326 e. The highest BCUT2D eigenvalue weighted by molar-refractivity contribution is 5.85. The number of carbonyl (C=O) groups excluding carboxylic acids is 1. The summed E-state index contributed by atoms with van der Waals surface area (Å²) in [7, 11) is 1.42. The van der Waals surface area contributed by atoms with Crippen molar-refractivity contribution in [3.63, 3.8) is 0 Å². The summed E-state index contributed by atoms with van der Waals surface area (Å²) in [5.41, 5.74) is 1.99. The SMILES string of the molecule is COCC(=O)N1Cc2ccccc2C[C@H]1C(=O)O. The number of rotatable bonds is 3. The van der Waals surface area contributed by atoms with E-state index in [4.69, 9.17) is 4.74 Å². The monoisotopic (exact) mass is 249 g/mol. The van der Waals surface area contributed by atoms with Gasteiger partial charge in [-0.3, -0.25) is 4.79 Å². The smallest absolute Gasteiger partial charge is 0.326 e. The van der Waals surface area contributed by atoms with Crippen molar-refractivity contribution in [2.24, 2.45) is 0 Å². The molecule has 0 spiro atoms. The predicted octanol–water partition coefficient (Wildman–Crippen LogP) is 0.671. The Kier molecular flexibility index (Phi) is 3.62. The molecule has 2 rings (SSSR count). The van der Waals surface area contributed by atoms with Crippen molar-refractivity contribution < 1.29 is 19.4 Å². The van der Waals surface area contributed by atoms with Crippen LogP contribution in [-0.2, 0) is 27.3 Å². The van der Waals surface area contributed by atoms with Crippen molar-refractivity contribution in [3.8, 4) is 0 Å². The summed E-state index contributed by atoms with van der Waals surface area (Å²) >= 11 is 0. The van der Waals surface area contributed by atoms with Crippen LogP contribution in [0.15, 0.2) is 24.3 Å². The summed E-state index contributed by atoms with van der Waals surface area (Å²) in [5.74, 6) is -1.27. The van der Waals surface area contributed by atoms with Gasteiger partial charge in [-0.1, -0.05) is 24.3 Å². The molecule has 1 aromatic carbocycles. The lowest BCUT2D eigenvalue weighted by Gasteiger charge is -2.34.